The van der Waals surface area contributed by atoms with Crippen molar-refractivity contribution in [3.63, 3.8) is 0 Å². The molecule has 0 bridgehead atoms. The van der Waals surface area contributed by atoms with Crippen molar-refractivity contribution < 1.29 is 14.7 Å². The van der Waals surface area contributed by atoms with Gasteiger partial charge in [-0.3, -0.25) is 9.59 Å². The number of carbonyl (C=O) groups is 2. The van der Waals surface area contributed by atoms with Crippen LogP contribution >= 0.6 is 0 Å². The summed E-state index contributed by atoms with van der Waals surface area (Å²) in [6.45, 7) is 1.10. The van der Waals surface area contributed by atoms with Gasteiger partial charge in [0.05, 0.1) is 13.0 Å². The van der Waals surface area contributed by atoms with Gasteiger partial charge in [0, 0.05) is 19.0 Å². The van der Waals surface area contributed by atoms with Crippen LogP contribution in [0.2, 0.25) is 0 Å². The number of hydrogen-bond donors (Lipinski definition) is 2. The fourth-order valence-corrected chi connectivity index (χ4v) is 1.28. The SMILES string of the molecule is NCC(=O)N1CC(CC(=O)O)C1. The van der Waals surface area contributed by atoms with E-state index in [-0.39, 0.29) is 24.8 Å². The molecule has 68 valence electrons. The minimum atomic E-state index is -0.806. The monoisotopic (exact) mass is 172 g/mol. The number of aliphatic carboxylic acids is 1. The zero-order chi connectivity index (χ0) is 9.14. The molecule has 0 saturated carbocycles. The van der Waals surface area contributed by atoms with Crippen molar-refractivity contribution in [1.29, 1.82) is 0 Å². The van der Waals surface area contributed by atoms with E-state index in [1.54, 1.807) is 4.90 Å². The maximum Gasteiger partial charge on any atom is 0.303 e. The zero-order valence-electron chi connectivity index (χ0n) is 6.69. The zero-order valence-corrected chi connectivity index (χ0v) is 6.69. The van der Waals surface area contributed by atoms with Crippen molar-refractivity contribution in [2.45, 2.75) is 6.42 Å². The first-order valence-corrected chi connectivity index (χ1v) is 3.83. The Morgan fingerprint density at radius 1 is 1.50 bits per heavy atom. The topological polar surface area (TPSA) is 83.6 Å². The van der Waals surface area contributed by atoms with Crippen molar-refractivity contribution in [1.82, 2.24) is 4.90 Å². The van der Waals surface area contributed by atoms with Crippen molar-refractivity contribution in [2.24, 2.45) is 11.7 Å². The molecule has 0 aliphatic carbocycles. The Labute approximate surface area is 70.1 Å². The molecular formula is C7H12N2O3. The minimum absolute atomic E-state index is 0.0137. The molecule has 1 rings (SSSR count). The smallest absolute Gasteiger partial charge is 0.303 e. The van der Waals surface area contributed by atoms with Crippen LogP contribution in [-0.4, -0.2) is 41.5 Å². The summed E-state index contributed by atoms with van der Waals surface area (Å²) in [4.78, 5) is 22.7. The summed E-state index contributed by atoms with van der Waals surface area (Å²) in [5, 5.41) is 8.40. The van der Waals surface area contributed by atoms with Gasteiger partial charge in [-0.25, -0.2) is 0 Å². The van der Waals surface area contributed by atoms with Gasteiger partial charge in [0.2, 0.25) is 5.91 Å². The third-order valence-electron chi connectivity index (χ3n) is 1.95. The first kappa shape index (κ1) is 8.99. The molecule has 1 fully saturated rings. The number of nitrogens with zero attached hydrogens (tertiary/aromatic N) is 1. The number of amides is 1. The largest absolute Gasteiger partial charge is 0.481 e. The summed E-state index contributed by atoms with van der Waals surface area (Å²) in [6.07, 6.45) is 0.147. The average Bonchev–Trinajstić information content (AvgIpc) is 1.94. The van der Waals surface area contributed by atoms with Crippen LogP contribution in [0.3, 0.4) is 0 Å². The van der Waals surface area contributed by atoms with E-state index in [1.165, 1.54) is 0 Å². The standard InChI is InChI=1S/C7H12N2O3/c8-2-6(10)9-3-5(4-9)1-7(11)12/h5H,1-4,8H2,(H,11,12). The van der Waals surface area contributed by atoms with Crippen LogP contribution in [-0.2, 0) is 9.59 Å². The lowest BCUT2D eigenvalue weighted by Crippen LogP contribution is -2.52. The average molecular weight is 172 g/mol. The molecule has 0 aromatic carbocycles. The molecule has 1 aliphatic rings. The second-order valence-electron chi connectivity index (χ2n) is 2.97. The summed E-state index contributed by atoms with van der Waals surface area (Å²) in [6, 6.07) is 0. The molecule has 5 nitrogen and oxygen atoms in total. The van der Waals surface area contributed by atoms with Gasteiger partial charge in [0.1, 0.15) is 0 Å². The quantitative estimate of drug-likeness (QED) is 0.564. The highest BCUT2D eigenvalue weighted by Crippen LogP contribution is 2.18. The first-order chi connectivity index (χ1) is 5.63. The lowest BCUT2D eigenvalue weighted by Gasteiger charge is -2.38. The Balaban J connectivity index is 2.20. The van der Waals surface area contributed by atoms with Crippen LogP contribution in [0, 0.1) is 5.92 Å². The highest BCUT2D eigenvalue weighted by molar-refractivity contribution is 5.79. The molecule has 0 atom stereocenters. The molecule has 1 heterocycles. The molecule has 1 saturated heterocycles. The maximum absolute atomic E-state index is 10.9. The Morgan fingerprint density at radius 2 is 2.08 bits per heavy atom. The van der Waals surface area contributed by atoms with E-state index in [2.05, 4.69) is 0 Å². The summed E-state index contributed by atoms with van der Waals surface area (Å²) in [5.74, 6) is -0.783. The van der Waals surface area contributed by atoms with Gasteiger partial charge in [0.15, 0.2) is 0 Å². The van der Waals surface area contributed by atoms with Gasteiger partial charge >= 0.3 is 5.97 Å². The first-order valence-electron chi connectivity index (χ1n) is 3.83. The second kappa shape index (κ2) is 3.53. The van der Waals surface area contributed by atoms with Crippen molar-refractivity contribution in [3.05, 3.63) is 0 Å². The molecule has 0 aromatic heterocycles. The predicted octanol–water partition coefficient (Wildman–Crippen LogP) is -1.12. The number of rotatable bonds is 3. The number of nitrogens with two attached hydrogens (primary N) is 1. The third kappa shape index (κ3) is 1.94. The second-order valence-corrected chi connectivity index (χ2v) is 2.97. The van der Waals surface area contributed by atoms with Crippen LogP contribution < -0.4 is 5.73 Å². The molecular weight excluding hydrogens is 160 g/mol. The predicted molar refractivity (Wildman–Crippen MR) is 41.4 cm³/mol. The minimum Gasteiger partial charge on any atom is -0.481 e. The molecule has 5 heteroatoms. The Morgan fingerprint density at radius 3 is 2.50 bits per heavy atom. The number of hydrogen-bond acceptors (Lipinski definition) is 3. The normalized spacial score (nSPS) is 17.2. The highest BCUT2D eigenvalue weighted by Gasteiger charge is 2.30. The summed E-state index contributed by atoms with van der Waals surface area (Å²) < 4.78 is 0. The van der Waals surface area contributed by atoms with Gasteiger partial charge in [-0.05, 0) is 0 Å². The molecule has 0 unspecified atom stereocenters. The van der Waals surface area contributed by atoms with Gasteiger partial charge in [-0.1, -0.05) is 0 Å². The number of carboxylic acids is 1. The van der Waals surface area contributed by atoms with Crippen molar-refractivity contribution in [2.75, 3.05) is 19.6 Å². The van der Waals surface area contributed by atoms with Crippen LogP contribution in [0.4, 0.5) is 0 Å². The summed E-state index contributed by atoms with van der Waals surface area (Å²) in [5.41, 5.74) is 5.12. The van der Waals surface area contributed by atoms with E-state index in [0.717, 1.165) is 0 Å². The molecule has 3 N–H and O–H groups in total. The van der Waals surface area contributed by atoms with Gasteiger partial charge in [-0.2, -0.15) is 0 Å². The number of likely N-dealkylation sites (tertiary alicyclic amines) is 1. The van der Waals surface area contributed by atoms with Crippen LogP contribution in [0.15, 0.2) is 0 Å². The molecule has 0 aromatic rings. The van der Waals surface area contributed by atoms with E-state index in [1.807, 2.05) is 0 Å². The maximum atomic E-state index is 10.9. The number of carboxylic acid groups (broad SMARTS) is 1. The van der Waals surface area contributed by atoms with E-state index in [9.17, 15) is 9.59 Å². The van der Waals surface area contributed by atoms with Crippen LogP contribution in [0.25, 0.3) is 0 Å². The summed E-state index contributed by atoms with van der Waals surface area (Å²) >= 11 is 0. The number of carbonyl (C=O) groups excluding carboxylic acids is 1. The molecule has 0 spiro atoms. The van der Waals surface area contributed by atoms with E-state index in [0.29, 0.717) is 13.1 Å². The molecule has 12 heavy (non-hydrogen) atoms. The van der Waals surface area contributed by atoms with Crippen molar-refractivity contribution >= 4 is 11.9 Å². The Bertz CT molecular complexity index is 199. The van der Waals surface area contributed by atoms with Crippen LogP contribution in [0.1, 0.15) is 6.42 Å². The molecule has 1 aliphatic heterocycles. The third-order valence-corrected chi connectivity index (χ3v) is 1.95. The Kier molecular flexibility index (Phi) is 2.65. The van der Waals surface area contributed by atoms with Gasteiger partial charge in [0.25, 0.3) is 0 Å². The van der Waals surface area contributed by atoms with E-state index < -0.39 is 5.97 Å². The fraction of sp³-hybridized carbons (Fsp3) is 0.714. The fourth-order valence-electron chi connectivity index (χ4n) is 1.28. The van der Waals surface area contributed by atoms with E-state index in [4.69, 9.17) is 10.8 Å². The molecule has 1 amide bonds. The summed E-state index contributed by atoms with van der Waals surface area (Å²) in [7, 11) is 0. The molecule has 0 radical (unpaired) electrons. The van der Waals surface area contributed by atoms with Gasteiger partial charge < -0.3 is 15.7 Å². The highest BCUT2D eigenvalue weighted by atomic mass is 16.4. The van der Waals surface area contributed by atoms with Crippen molar-refractivity contribution in [3.8, 4) is 0 Å². The van der Waals surface area contributed by atoms with E-state index >= 15 is 0 Å². The lowest BCUT2D eigenvalue weighted by atomic mass is 9.96. The Hall–Kier alpha value is -1.10. The van der Waals surface area contributed by atoms with Crippen LogP contribution in [0.5, 0.6) is 0 Å². The lowest BCUT2D eigenvalue weighted by molar-refractivity contribution is -0.144. The van der Waals surface area contributed by atoms with Gasteiger partial charge in [-0.15, -0.1) is 0 Å².